The summed E-state index contributed by atoms with van der Waals surface area (Å²) in [7, 11) is 0. The Bertz CT molecular complexity index is 449. The number of hydrogen-bond donors (Lipinski definition) is 1. The van der Waals surface area contributed by atoms with E-state index < -0.39 is 0 Å². The largest absolute Gasteiger partial charge is 0.399 e. The molecule has 0 saturated carbocycles. The first-order valence-electron chi connectivity index (χ1n) is 4.99. The molecule has 0 unspecified atom stereocenters. The van der Waals surface area contributed by atoms with E-state index in [0.29, 0.717) is 0 Å². The van der Waals surface area contributed by atoms with Gasteiger partial charge in [-0.05, 0) is 42.2 Å². The number of aromatic nitrogens is 1. The Kier molecular flexibility index (Phi) is 2.68. The number of hydrogen-bond acceptors (Lipinski definition) is 2. The lowest BCUT2D eigenvalue weighted by Gasteiger charge is -2.04. The Morgan fingerprint density at radius 3 is 2.73 bits per heavy atom. The first-order valence-corrected chi connectivity index (χ1v) is 4.99. The number of pyridine rings is 1. The van der Waals surface area contributed by atoms with Crippen LogP contribution in [0.1, 0.15) is 16.7 Å². The normalized spacial score (nSPS) is 10.2. The molecule has 0 fully saturated rings. The van der Waals surface area contributed by atoms with Gasteiger partial charge in [0.05, 0.1) is 0 Å². The standard InChI is InChI=1S/C13H14N2/c1-10-4-5-11(8-13(10)14)7-12-3-2-6-15-9-12/h2-6,8-9H,7,14H2,1H3. The third kappa shape index (κ3) is 2.34. The van der Waals surface area contributed by atoms with Crippen molar-refractivity contribution >= 4 is 5.69 Å². The second-order valence-electron chi connectivity index (χ2n) is 3.73. The van der Waals surface area contributed by atoms with Gasteiger partial charge in [0.15, 0.2) is 0 Å². The van der Waals surface area contributed by atoms with Crippen LogP contribution >= 0.6 is 0 Å². The predicted octanol–water partition coefficient (Wildman–Crippen LogP) is 2.56. The molecule has 1 aromatic heterocycles. The summed E-state index contributed by atoms with van der Waals surface area (Å²) >= 11 is 0. The summed E-state index contributed by atoms with van der Waals surface area (Å²) in [6.07, 6.45) is 4.56. The molecule has 2 rings (SSSR count). The fraction of sp³-hybridized carbons (Fsp3) is 0.154. The van der Waals surface area contributed by atoms with Crippen molar-refractivity contribution in [3.63, 3.8) is 0 Å². The van der Waals surface area contributed by atoms with Crippen molar-refractivity contribution in [2.24, 2.45) is 0 Å². The van der Waals surface area contributed by atoms with Crippen LogP contribution < -0.4 is 5.73 Å². The molecule has 0 amide bonds. The third-order valence-electron chi connectivity index (χ3n) is 2.47. The van der Waals surface area contributed by atoms with Gasteiger partial charge in [0.25, 0.3) is 0 Å². The van der Waals surface area contributed by atoms with Gasteiger partial charge in [0.2, 0.25) is 0 Å². The Hall–Kier alpha value is -1.83. The van der Waals surface area contributed by atoms with Crippen LogP contribution in [0.3, 0.4) is 0 Å². The zero-order valence-corrected chi connectivity index (χ0v) is 8.77. The van der Waals surface area contributed by atoms with Crippen LogP contribution in [0.5, 0.6) is 0 Å². The van der Waals surface area contributed by atoms with Crippen LogP contribution in [-0.4, -0.2) is 4.98 Å². The molecule has 0 aliphatic carbocycles. The average Bonchev–Trinajstić information content (AvgIpc) is 2.25. The van der Waals surface area contributed by atoms with E-state index in [1.165, 1.54) is 11.1 Å². The van der Waals surface area contributed by atoms with E-state index in [9.17, 15) is 0 Å². The first-order chi connectivity index (χ1) is 7.25. The van der Waals surface area contributed by atoms with Crippen molar-refractivity contribution in [2.45, 2.75) is 13.3 Å². The van der Waals surface area contributed by atoms with E-state index >= 15 is 0 Å². The minimum Gasteiger partial charge on any atom is -0.399 e. The fourth-order valence-electron chi connectivity index (χ4n) is 1.54. The zero-order chi connectivity index (χ0) is 10.7. The van der Waals surface area contributed by atoms with Crippen LogP contribution in [0, 0.1) is 6.92 Å². The number of nitrogens with two attached hydrogens (primary N) is 1. The molecule has 2 heteroatoms. The average molecular weight is 198 g/mol. The van der Waals surface area contributed by atoms with Gasteiger partial charge in [-0.25, -0.2) is 0 Å². The van der Waals surface area contributed by atoms with Gasteiger partial charge in [0, 0.05) is 18.1 Å². The summed E-state index contributed by atoms with van der Waals surface area (Å²) in [4.78, 5) is 4.09. The molecule has 1 aromatic carbocycles. The molecule has 0 atom stereocenters. The highest BCUT2D eigenvalue weighted by Gasteiger charge is 1.98. The highest BCUT2D eigenvalue weighted by molar-refractivity contribution is 5.49. The lowest BCUT2D eigenvalue weighted by Crippen LogP contribution is -1.94. The smallest absolute Gasteiger partial charge is 0.0346 e. The van der Waals surface area contributed by atoms with Crippen LogP contribution in [0.25, 0.3) is 0 Å². The van der Waals surface area contributed by atoms with Crippen LogP contribution in [-0.2, 0) is 6.42 Å². The van der Waals surface area contributed by atoms with E-state index in [1.807, 2.05) is 25.3 Å². The van der Waals surface area contributed by atoms with E-state index in [-0.39, 0.29) is 0 Å². The minimum absolute atomic E-state index is 0.858. The predicted molar refractivity (Wildman–Crippen MR) is 62.6 cm³/mol. The van der Waals surface area contributed by atoms with Crippen molar-refractivity contribution in [1.29, 1.82) is 0 Å². The lowest BCUT2D eigenvalue weighted by atomic mass is 10.0. The monoisotopic (exact) mass is 198 g/mol. The second kappa shape index (κ2) is 4.13. The number of aryl methyl sites for hydroxylation is 1. The first kappa shape index (κ1) is 9.71. The molecule has 0 spiro atoms. The minimum atomic E-state index is 0.858. The maximum absolute atomic E-state index is 5.86. The van der Waals surface area contributed by atoms with Gasteiger partial charge in [0.1, 0.15) is 0 Å². The second-order valence-corrected chi connectivity index (χ2v) is 3.73. The van der Waals surface area contributed by atoms with Crippen LogP contribution in [0.15, 0.2) is 42.7 Å². The highest BCUT2D eigenvalue weighted by Crippen LogP contribution is 2.15. The molecular formula is C13H14N2. The Morgan fingerprint density at radius 2 is 2.07 bits per heavy atom. The van der Waals surface area contributed by atoms with Crippen molar-refractivity contribution in [3.05, 3.63) is 59.4 Å². The van der Waals surface area contributed by atoms with E-state index in [0.717, 1.165) is 17.7 Å². The number of rotatable bonds is 2. The van der Waals surface area contributed by atoms with E-state index in [4.69, 9.17) is 5.73 Å². The van der Waals surface area contributed by atoms with Gasteiger partial charge in [-0.2, -0.15) is 0 Å². The molecule has 2 nitrogen and oxygen atoms in total. The molecule has 0 bridgehead atoms. The molecule has 0 aliphatic heterocycles. The Balaban J connectivity index is 2.22. The van der Waals surface area contributed by atoms with Crippen molar-refractivity contribution in [1.82, 2.24) is 4.98 Å². The molecule has 2 aromatic rings. The molecular weight excluding hydrogens is 184 g/mol. The van der Waals surface area contributed by atoms with Gasteiger partial charge in [-0.1, -0.05) is 18.2 Å². The maximum Gasteiger partial charge on any atom is 0.0346 e. The van der Waals surface area contributed by atoms with Gasteiger partial charge in [-0.3, -0.25) is 4.98 Å². The molecule has 0 saturated heterocycles. The number of anilines is 1. The topological polar surface area (TPSA) is 38.9 Å². The molecule has 1 heterocycles. The van der Waals surface area contributed by atoms with Crippen molar-refractivity contribution in [2.75, 3.05) is 5.73 Å². The summed E-state index contributed by atoms with van der Waals surface area (Å²) in [6.45, 7) is 2.02. The molecule has 76 valence electrons. The van der Waals surface area contributed by atoms with E-state index in [2.05, 4.69) is 23.2 Å². The number of nitrogens with zero attached hydrogens (tertiary/aromatic N) is 1. The van der Waals surface area contributed by atoms with Gasteiger partial charge >= 0.3 is 0 Å². The summed E-state index contributed by atoms with van der Waals surface area (Å²) in [5.41, 5.74) is 10.3. The SMILES string of the molecule is Cc1ccc(Cc2cccnc2)cc1N. The Labute approximate surface area is 89.8 Å². The third-order valence-corrected chi connectivity index (χ3v) is 2.47. The molecule has 0 radical (unpaired) electrons. The van der Waals surface area contributed by atoms with Gasteiger partial charge < -0.3 is 5.73 Å². The molecule has 15 heavy (non-hydrogen) atoms. The van der Waals surface area contributed by atoms with Crippen LogP contribution in [0.2, 0.25) is 0 Å². The lowest BCUT2D eigenvalue weighted by molar-refractivity contribution is 1.14. The quantitative estimate of drug-likeness (QED) is 0.753. The maximum atomic E-state index is 5.86. The summed E-state index contributed by atoms with van der Waals surface area (Å²) in [5, 5.41) is 0. The molecule has 2 N–H and O–H groups in total. The molecule has 0 aliphatic rings. The summed E-state index contributed by atoms with van der Waals surface area (Å²) in [6, 6.07) is 10.2. The fourth-order valence-corrected chi connectivity index (χ4v) is 1.54. The van der Waals surface area contributed by atoms with E-state index in [1.54, 1.807) is 6.20 Å². The zero-order valence-electron chi connectivity index (χ0n) is 8.77. The van der Waals surface area contributed by atoms with Gasteiger partial charge in [-0.15, -0.1) is 0 Å². The number of benzene rings is 1. The van der Waals surface area contributed by atoms with Crippen molar-refractivity contribution in [3.8, 4) is 0 Å². The highest BCUT2D eigenvalue weighted by atomic mass is 14.6. The summed E-state index contributed by atoms with van der Waals surface area (Å²) in [5.74, 6) is 0. The summed E-state index contributed by atoms with van der Waals surface area (Å²) < 4.78 is 0. The van der Waals surface area contributed by atoms with Crippen molar-refractivity contribution < 1.29 is 0 Å². The number of nitrogen functional groups attached to an aromatic ring is 1. The Morgan fingerprint density at radius 1 is 1.20 bits per heavy atom. The van der Waals surface area contributed by atoms with Crippen LogP contribution in [0.4, 0.5) is 5.69 Å².